The van der Waals surface area contributed by atoms with E-state index in [9.17, 15) is 9.59 Å². The summed E-state index contributed by atoms with van der Waals surface area (Å²) in [6.45, 7) is 0.525. The van der Waals surface area contributed by atoms with Crippen molar-refractivity contribution in [3.05, 3.63) is 93.6 Å². The van der Waals surface area contributed by atoms with Gasteiger partial charge in [0.1, 0.15) is 6.54 Å². The van der Waals surface area contributed by atoms with Crippen LogP contribution in [0, 0.1) is 0 Å². The van der Waals surface area contributed by atoms with E-state index in [2.05, 4.69) is 5.32 Å². The molecule has 1 aromatic heterocycles. The number of fused-ring (bicyclic) bond motifs is 2. The quantitative estimate of drug-likeness (QED) is 0.544. The lowest BCUT2D eigenvalue weighted by molar-refractivity contribution is -0.121. The van der Waals surface area contributed by atoms with Gasteiger partial charge in [-0.15, -0.1) is 0 Å². The molecule has 0 aliphatic heterocycles. The fourth-order valence-corrected chi connectivity index (χ4v) is 3.51. The number of para-hydroxylation sites is 2. The van der Waals surface area contributed by atoms with Gasteiger partial charge in [-0.1, -0.05) is 48.0 Å². The smallest absolute Gasteiger partial charge is 0.240 e. The summed E-state index contributed by atoms with van der Waals surface area (Å²) in [7, 11) is 0. The summed E-state index contributed by atoms with van der Waals surface area (Å²) < 4.78 is 1.89. The molecule has 4 nitrogen and oxygen atoms in total. The maximum absolute atomic E-state index is 12.7. The van der Waals surface area contributed by atoms with Crippen LogP contribution >= 0.6 is 11.6 Å². The molecule has 5 heteroatoms. The molecule has 3 aromatic carbocycles. The molecule has 0 saturated heterocycles. The summed E-state index contributed by atoms with van der Waals surface area (Å²) >= 11 is 5.99. The summed E-state index contributed by atoms with van der Waals surface area (Å²) in [5, 5.41) is 4.78. The molecule has 1 amide bonds. The Balaban J connectivity index is 1.69. The Labute approximate surface area is 161 Å². The van der Waals surface area contributed by atoms with E-state index in [-0.39, 0.29) is 17.9 Å². The topological polar surface area (TPSA) is 51.1 Å². The molecule has 1 heterocycles. The van der Waals surface area contributed by atoms with Crippen molar-refractivity contribution in [2.75, 3.05) is 0 Å². The maximum Gasteiger partial charge on any atom is 0.240 e. The molecule has 0 aliphatic rings. The summed E-state index contributed by atoms with van der Waals surface area (Å²) in [6.07, 6.45) is 0. The third-order valence-corrected chi connectivity index (χ3v) is 4.79. The monoisotopic (exact) mass is 376 g/mol. The average Bonchev–Trinajstić information content (AvgIpc) is 2.70. The molecule has 0 aliphatic carbocycles. The van der Waals surface area contributed by atoms with Crippen LogP contribution in [0.5, 0.6) is 0 Å². The number of halogens is 1. The highest BCUT2D eigenvalue weighted by atomic mass is 35.5. The zero-order valence-electron chi connectivity index (χ0n) is 14.5. The predicted molar refractivity (Wildman–Crippen MR) is 109 cm³/mol. The molecule has 0 fully saturated rings. The molecule has 0 spiro atoms. The number of carbonyl (C=O) groups excluding carboxylic acids is 1. The number of nitrogens with one attached hydrogen (secondary N) is 1. The van der Waals surface area contributed by atoms with Crippen LogP contribution in [-0.4, -0.2) is 10.5 Å². The normalized spacial score (nSPS) is 11.0. The van der Waals surface area contributed by atoms with Gasteiger partial charge < -0.3 is 9.88 Å². The first kappa shape index (κ1) is 17.3. The Morgan fingerprint density at radius 2 is 1.52 bits per heavy atom. The lowest BCUT2D eigenvalue weighted by atomic mass is 10.1. The molecule has 1 N–H and O–H groups in total. The SMILES string of the molecule is O=C(Cn1c2ccccc2c(=O)c2ccccc21)NCc1cccc(Cl)c1. The molecule has 134 valence electrons. The van der Waals surface area contributed by atoms with Gasteiger partial charge in [-0.05, 0) is 42.0 Å². The molecule has 4 aromatic rings. The number of nitrogens with zero attached hydrogens (tertiary/aromatic N) is 1. The fourth-order valence-electron chi connectivity index (χ4n) is 3.29. The Hall–Kier alpha value is -3.11. The maximum atomic E-state index is 12.7. The summed E-state index contributed by atoms with van der Waals surface area (Å²) in [6, 6.07) is 22.1. The van der Waals surface area contributed by atoms with Crippen LogP contribution in [0.15, 0.2) is 77.6 Å². The van der Waals surface area contributed by atoms with Gasteiger partial charge in [-0.2, -0.15) is 0 Å². The second-order valence-corrected chi connectivity index (χ2v) is 6.79. The average molecular weight is 377 g/mol. The van der Waals surface area contributed by atoms with Crippen molar-refractivity contribution in [3.8, 4) is 0 Å². The fraction of sp³-hybridized carbons (Fsp3) is 0.0909. The standard InChI is InChI=1S/C22H17ClN2O2/c23-16-7-5-6-15(12-16)13-24-21(26)14-25-19-10-3-1-8-17(19)22(27)18-9-2-4-11-20(18)25/h1-12H,13-14H2,(H,24,26). The molecular weight excluding hydrogens is 360 g/mol. The van der Waals surface area contributed by atoms with Gasteiger partial charge in [0.15, 0.2) is 5.43 Å². The molecule has 0 bridgehead atoms. The first-order chi connectivity index (χ1) is 13.1. The Morgan fingerprint density at radius 3 is 2.15 bits per heavy atom. The highest BCUT2D eigenvalue weighted by Crippen LogP contribution is 2.19. The van der Waals surface area contributed by atoms with Crippen molar-refractivity contribution in [2.45, 2.75) is 13.1 Å². The third-order valence-electron chi connectivity index (χ3n) is 4.56. The van der Waals surface area contributed by atoms with E-state index in [4.69, 9.17) is 11.6 Å². The molecule has 0 radical (unpaired) electrons. The Bertz CT molecular complexity index is 1150. The molecular formula is C22H17ClN2O2. The van der Waals surface area contributed by atoms with Gasteiger partial charge in [0, 0.05) is 22.3 Å². The number of amides is 1. The summed E-state index contributed by atoms with van der Waals surface area (Å²) in [5.41, 5.74) is 2.42. The van der Waals surface area contributed by atoms with Crippen molar-refractivity contribution < 1.29 is 4.79 Å². The second-order valence-electron chi connectivity index (χ2n) is 6.36. The summed E-state index contributed by atoms with van der Waals surface area (Å²) in [4.78, 5) is 25.3. The van der Waals surface area contributed by atoms with Gasteiger partial charge in [-0.3, -0.25) is 9.59 Å². The number of carbonyl (C=O) groups is 1. The van der Waals surface area contributed by atoms with Crippen LogP contribution < -0.4 is 10.7 Å². The molecule has 0 atom stereocenters. The van der Waals surface area contributed by atoms with Gasteiger partial charge >= 0.3 is 0 Å². The minimum absolute atomic E-state index is 0.0169. The van der Waals surface area contributed by atoms with Crippen LogP contribution in [0.25, 0.3) is 21.8 Å². The van der Waals surface area contributed by atoms with Gasteiger partial charge in [0.25, 0.3) is 0 Å². The zero-order valence-corrected chi connectivity index (χ0v) is 15.2. The van der Waals surface area contributed by atoms with E-state index >= 15 is 0 Å². The number of hydrogen-bond donors (Lipinski definition) is 1. The van der Waals surface area contributed by atoms with E-state index in [0.29, 0.717) is 22.3 Å². The highest BCUT2D eigenvalue weighted by Gasteiger charge is 2.12. The Morgan fingerprint density at radius 1 is 0.889 bits per heavy atom. The number of rotatable bonds is 4. The lowest BCUT2D eigenvalue weighted by Gasteiger charge is -2.15. The number of hydrogen-bond acceptors (Lipinski definition) is 2. The van der Waals surface area contributed by atoms with Crippen molar-refractivity contribution in [3.63, 3.8) is 0 Å². The van der Waals surface area contributed by atoms with Crippen LogP contribution in [0.3, 0.4) is 0 Å². The lowest BCUT2D eigenvalue weighted by Crippen LogP contribution is -2.28. The summed E-state index contributed by atoms with van der Waals surface area (Å²) in [5.74, 6) is -0.131. The van der Waals surface area contributed by atoms with Crippen molar-refractivity contribution >= 4 is 39.3 Å². The van der Waals surface area contributed by atoms with E-state index < -0.39 is 0 Å². The first-order valence-electron chi connectivity index (χ1n) is 8.65. The van der Waals surface area contributed by atoms with Crippen molar-refractivity contribution in [1.82, 2.24) is 9.88 Å². The first-order valence-corrected chi connectivity index (χ1v) is 9.03. The van der Waals surface area contributed by atoms with E-state index in [1.807, 2.05) is 59.2 Å². The second kappa shape index (κ2) is 7.25. The minimum Gasteiger partial charge on any atom is -0.350 e. The zero-order chi connectivity index (χ0) is 18.8. The molecule has 4 rings (SSSR count). The third kappa shape index (κ3) is 3.44. The minimum atomic E-state index is -0.131. The number of aromatic nitrogens is 1. The largest absolute Gasteiger partial charge is 0.350 e. The predicted octanol–water partition coefficient (Wildman–Crippen LogP) is 4.12. The van der Waals surface area contributed by atoms with Gasteiger partial charge in [0.05, 0.1) is 11.0 Å². The molecule has 27 heavy (non-hydrogen) atoms. The van der Waals surface area contributed by atoms with Crippen molar-refractivity contribution in [1.29, 1.82) is 0 Å². The van der Waals surface area contributed by atoms with Crippen LogP contribution in [0.2, 0.25) is 5.02 Å². The van der Waals surface area contributed by atoms with E-state index in [1.54, 1.807) is 18.2 Å². The molecule has 0 saturated carbocycles. The number of benzene rings is 3. The van der Waals surface area contributed by atoms with Crippen LogP contribution in [-0.2, 0) is 17.9 Å². The Kier molecular flexibility index (Phi) is 4.65. The van der Waals surface area contributed by atoms with Crippen LogP contribution in [0.4, 0.5) is 0 Å². The number of pyridine rings is 1. The van der Waals surface area contributed by atoms with Gasteiger partial charge in [0.2, 0.25) is 5.91 Å². The van der Waals surface area contributed by atoms with E-state index in [1.165, 1.54) is 0 Å². The van der Waals surface area contributed by atoms with Gasteiger partial charge in [-0.25, -0.2) is 0 Å². The van der Waals surface area contributed by atoms with Crippen LogP contribution in [0.1, 0.15) is 5.56 Å². The molecule has 0 unspecified atom stereocenters. The highest BCUT2D eigenvalue weighted by molar-refractivity contribution is 6.30. The van der Waals surface area contributed by atoms with E-state index in [0.717, 1.165) is 16.6 Å². The van der Waals surface area contributed by atoms with Crippen molar-refractivity contribution in [2.24, 2.45) is 0 Å².